The maximum Gasteiger partial charge on any atom is 0.226 e. The van der Waals surface area contributed by atoms with E-state index in [0.717, 1.165) is 16.1 Å². The third-order valence-electron chi connectivity index (χ3n) is 3.40. The molecule has 0 spiro atoms. The Morgan fingerprint density at radius 1 is 1.12 bits per heavy atom. The lowest BCUT2D eigenvalue weighted by Crippen LogP contribution is -2.16. The third-order valence-corrected chi connectivity index (χ3v) is 4.20. The molecule has 0 unspecified atom stereocenters. The number of hydrogen-bond acceptors (Lipinski definition) is 5. The van der Waals surface area contributed by atoms with Gasteiger partial charge in [-0.1, -0.05) is 42.5 Å². The molecule has 1 heterocycles. The number of para-hydroxylation sites is 1. The molecule has 122 valence electrons. The highest BCUT2D eigenvalue weighted by Gasteiger charge is 2.09. The zero-order valence-electron chi connectivity index (χ0n) is 13.2. The smallest absolute Gasteiger partial charge is 0.226 e. The normalized spacial score (nSPS) is 10.5. The Bertz CT molecular complexity index is 819. The number of hydrogen-bond donors (Lipinski definition) is 1. The predicted octanol–water partition coefficient (Wildman–Crippen LogP) is 3.09. The number of tetrazole rings is 1. The predicted molar refractivity (Wildman–Crippen MR) is 94.7 cm³/mol. The summed E-state index contributed by atoms with van der Waals surface area (Å²) < 4.78 is 0. The van der Waals surface area contributed by atoms with Crippen LogP contribution in [0, 0.1) is 0 Å². The van der Waals surface area contributed by atoms with Gasteiger partial charge in [0.05, 0.1) is 12.2 Å². The molecule has 0 radical (unpaired) electrons. The van der Waals surface area contributed by atoms with E-state index < -0.39 is 0 Å². The highest BCUT2D eigenvalue weighted by molar-refractivity contribution is 7.98. The van der Waals surface area contributed by atoms with Crippen LogP contribution in [0.2, 0.25) is 0 Å². The van der Waals surface area contributed by atoms with Gasteiger partial charge in [0, 0.05) is 16.9 Å². The molecule has 2 aromatic carbocycles. The lowest BCUT2D eigenvalue weighted by Gasteiger charge is -2.08. The summed E-state index contributed by atoms with van der Waals surface area (Å²) >= 11 is 1.60. The van der Waals surface area contributed by atoms with E-state index in [1.165, 1.54) is 4.80 Å². The molecule has 0 saturated carbocycles. The number of anilines is 1. The number of amides is 1. The van der Waals surface area contributed by atoms with E-state index in [1.807, 2.05) is 60.9 Å². The first-order chi connectivity index (χ1) is 11.8. The van der Waals surface area contributed by atoms with Crippen LogP contribution in [0.3, 0.4) is 0 Å². The Morgan fingerprint density at radius 2 is 1.88 bits per heavy atom. The summed E-state index contributed by atoms with van der Waals surface area (Å²) in [6.07, 6.45) is 2.27. The Kier molecular flexibility index (Phi) is 5.22. The maximum absolute atomic E-state index is 12.1. The fourth-order valence-corrected chi connectivity index (χ4v) is 2.76. The van der Waals surface area contributed by atoms with Crippen LogP contribution in [-0.2, 0) is 11.3 Å². The molecule has 24 heavy (non-hydrogen) atoms. The number of nitrogens with zero attached hydrogens (tertiary/aromatic N) is 4. The summed E-state index contributed by atoms with van der Waals surface area (Å²) in [7, 11) is 0. The monoisotopic (exact) mass is 339 g/mol. The van der Waals surface area contributed by atoms with E-state index in [4.69, 9.17) is 0 Å². The van der Waals surface area contributed by atoms with Crippen LogP contribution in [-0.4, -0.2) is 32.4 Å². The van der Waals surface area contributed by atoms with Crippen molar-refractivity contribution in [2.75, 3.05) is 11.6 Å². The summed E-state index contributed by atoms with van der Waals surface area (Å²) in [6, 6.07) is 17.4. The van der Waals surface area contributed by atoms with Gasteiger partial charge in [0.1, 0.15) is 0 Å². The molecule has 6 nitrogen and oxygen atoms in total. The van der Waals surface area contributed by atoms with E-state index in [-0.39, 0.29) is 12.3 Å². The van der Waals surface area contributed by atoms with Crippen LogP contribution in [0.1, 0.15) is 6.42 Å². The molecule has 0 fully saturated rings. The minimum atomic E-state index is -0.0740. The van der Waals surface area contributed by atoms with Crippen LogP contribution in [0.15, 0.2) is 59.5 Å². The number of thioether (sulfide) groups is 1. The molecule has 1 aromatic heterocycles. The molecule has 0 aliphatic heterocycles. The molecular formula is C17H17N5OS. The molecular weight excluding hydrogens is 322 g/mol. The number of nitrogens with one attached hydrogen (secondary N) is 1. The van der Waals surface area contributed by atoms with Crippen LogP contribution in [0.4, 0.5) is 5.69 Å². The Morgan fingerprint density at radius 3 is 2.67 bits per heavy atom. The fourth-order valence-electron chi connectivity index (χ4n) is 2.20. The van der Waals surface area contributed by atoms with Crippen molar-refractivity contribution in [1.82, 2.24) is 20.2 Å². The van der Waals surface area contributed by atoms with E-state index in [0.29, 0.717) is 12.4 Å². The molecule has 1 amide bonds. The van der Waals surface area contributed by atoms with Gasteiger partial charge in [-0.25, -0.2) is 0 Å². The van der Waals surface area contributed by atoms with Gasteiger partial charge in [0.2, 0.25) is 11.7 Å². The number of aryl methyl sites for hydroxylation is 1. The maximum atomic E-state index is 12.1. The van der Waals surface area contributed by atoms with Crippen molar-refractivity contribution in [2.45, 2.75) is 17.9 Å². The number of carbonyl (C=O) groups is 1. The molecule has 0 aliphatic rings. The summed E-state index contributed by atoms with van der Waals surface area (Å²) in [4.78, 5) is 14.6. The van der Waals surface area contributed by atoms with Crippen molar-refractivity contribution in [3.8, 4) is 11.4 Å². The molecule has 0 atom stereocenters. The first-order valence-corrected chi connectivity index (χ1v) is 8.75. The van der Waals surface area contributed by atoms with E-state index in [2.05, 4.69) is 20.7 Å². The van der Waals surface area contributed by atoms with E-state index >= 15 is 0 Å². The SMILES string of the molecule is CSc1ccccc1NC(=O)CCn1nnc(-c2ccccc2)n1. The fraction of sp³-hybridized carbons (Fsp3) is 0.176. The van der Waals surface area contributed by atoms with Crippen molar-refractivity contribution in [3.05, 3.63) is 54.6 Å². The van der Waals surface area contributed by atoms with Crippen molar-refractivity contribution < 1.29 is 4.79 Å². The number of rotatable bonds is 6. The van der Waals surface area contributed by atoms with Crippen LogP contribution >= 0.6 is 11.8 Å². The third kappa shape index (κ3) is 3.99. The van der Waals surface area contributed by atoms with Crippen molar-refractivity contribution in [3.63, 3.8) is 0 Å². The average molecular weight is 339 g/mol. The second-order valence-corrected chi connectivity index (χ2v) is 5.92. The zero-order valence-corrected chi connectivity index (χ0v) is 14.0. The second-order valence-electron chi connectivity index (χ2n) is 5.07. The Labute approximate surface area is 144 Å². The molecule has 0 saturated heterocycles. The zero-order chi connectivity index (χ0) is 16.8. The molecule has 3 rings (SSSR count). The standard InChI is InChI=1S/C17H17N5OS/c1-24-15-10-6-5-9-14(15)18-16(23)11-12-22-20-17(19-21-22)13-7-3-2-4-8-13/h2-10H,11-12H2,1H3,(H,18,23). The van der Waals surface area contributed by atoms with Crippen molar-refractivity contribution in [2.24, 2.45) is 0 Å². The molecule has 7 heteroatoms. The van der Waals surface area contributed by atoms with Gasteiger partial charge >= 0.3 is 0 Å². The van der Waals surface area contributed by atoms with E-state index in [9.17, 15) is 4.79 Å². The minimum Gasteiger partial charge on any atom is -0.325 e. The first-order valence-electron chi connectivity index (χ1n) is 7.52. The largest absolute Gasteiger partial charge is 0.325 e. The van der Waals surface area contributed by atoms with Crippen molar-refractivity contribution in [1.29, 1.82) is 0 Å². The minimum absolute atomic E-state index is 0.0740. The topological polar surface area (TPSA) is 72.7 Å². The molecule has 1 N–H and O–H groups in total. The van der Waals surface area contributed by atoms with Gasteiger partial charge in [-0.05, 0) is 23.6 Å². The molecule has 0 bridgehead atoms. The quantitative estimate of drug-likeness (QED) is 0.699. The molecule has 0 aliphatic carbocycles. The summed E-state index contributed by atoms with van der Waals surface area (Å²) in [6.45, 7) is 0.382. The Hall–Kier alpha value is -2.67. The van der Waals surface area contributed by atoms with E-state index in [1.54, 1.807) is 11.8 Å². The van der Waals surface area contributed by atoms with Crippen molar-refractivity contribution >= 4 is 23.4 Å². The van der Waals surface area contributed by atoms with Gasteiger partial charge in [-0.15, -0.1) is 22.0 Å². The highest BCUT2D eigenvalue weighted by atomic mass is 32.2. The number of carbonyl (C=O) groups excluding carboxylic acids is 1. The van der Waals surface area contributed by atoms with Gasteiger partial charge in [-0.2, -0.15) is 4.80 Å². The average Bonchev–Trinajstić information content (AvgIpc) is 3.10. The van der Waals surface area contributed by atoms with Crippen LogP contribution < -0.4 is 5.32 Å². The van der Waals surface area contributed by atoms with Gasteiger partial charge < -0.3 is 5.32 Å². The second kappa shape index (κ2) is 7.74. The summed E-state index contributed by atoms with van der Waals surface area (Å²) in [5.41, 5.74) is 1.73. The summed E-state index contributed by atoms with van der Waals surface area (Å²) in [5, 5.41) is 15.2. The number of aromatic nitrogens is 4. The first kappa shape index (κ1) is 16.2. The number of benzene rings is 2. The Balaban J connectivity index is 1.58. The molecule has 3 aromatic rings. The lowest BCUT2D eigenvalue weighted by atomic mass is 10.2. The van der Waals surface area contributed by atoms with Gasteiger partial charge in [0.15, 0.2) is 0 Å². The lowest BCUT2D eigenvalue weighted by molar-refractivity contribution is -0.116. The van der Waals surface area contributed by atoms with Crippen LogP contribution in [0.5, 0.6) is 0 Å². The van der Waals surface area contributed by atoms with Crippen LogP contribution in [0.25, 0.3) is 11.4 Å². The highest BCUT2D eigenvalue weighted by Crippen LogP contribution is 2.24. The summed E-state index contributed by atoms with van der Waals surface area (Å²) in [5.74, 6) is 0.485. The van der Waals surface area contributed by atoms with Gasteiger partial charge in [-0.3, -0.25) is 4.79 Å². The van der Waals surface area contributed by atoms with Gasteiger partial charge in [0.25, 0.3) is 0 Å².